The lowest BCUT2D eigenvalue weighted by atomic mass is 10.1. The van der Waals surface area contributed by atoms with Gasteiger partial charge in [-0.05, 0) is 18.9 Å². The quantitative estimate of drug-likeness (QED) is 0.251. The average molecular weight is 331 g/mol. The van der Waals surface area contributed by atoms with Gasteiger partial charge in [0, 0.05) is 20.3 Å². The van der Waals surface area contributed by atoms with E-state index in [4.69, 9.17) is 13.3 Å². The molecule has 0 saturated carbocycles. The van der Waals surface area contributed by atoms with E-state index in [1.165, 1.54) is 38.5 Å². The molecule has 0 heterocycles. The van der Waals surface area contributed by atoms with Crippen molar-refractivity contribution in [1.82, 2.24) is 0 Å². The highest BCUT2D eigenvalue weighted by atomic mass is 28.4. The zero-order chi connectivity index (χ0) is 16.8. The molecule has 0 bridgehead atoms. The van der Waals surface area contributed by atoms with Crippen molar-refractivity contribution < 1.29 is 18.1 Å². The summed E-state index contributed by atoms with van der Waals surface area (Å²) in [4.78, 5) is 11.6. The molecule has 0 spiro atoms. The van der Waals surface area contributed by atoms with Crippen LogP contribution in [0.15, 0.2) is 12.2 Å². The molecule has 5 heteroatoms. The third-order valence-corrected chi connectivity index (χ3v) is 6.65. The fourth-order valence-electron chi connectivity index (χ4n) is 2.25. The molecule has 0 atom stereocenters. The summed E-state index contributed by atoms with van der Waals surface area (Å²) in [5, 5.41) is 0. The fourth-order valence-corrected chi connectivity index (χ4v) is 4.24. The first-order valence-electron chi connectivity index (χ1n) is 8.44. The van der Waals surface area contributed by atoms with Crippen LogP contribution in [0.1, 0.15) is 65.2 Å². The lowest BCUT2D eigenvalue weighted by Crippen LogP contribution is -2.45. The maximum atomic E-state index is 11.6. The lowest BCUT2D eigenvalue weighted by Gasteiger charge is -2.26. The largest absolute Gasteiger partial charge is 0.500 e. The Bertz CT molecular complexity index is 314. The molecule has 0 radical (unpaired) electrons. The van der Waals surface area contributed by atoms with E-state index in [0.29, 0.717) is 5.57 Å². The van der Waals surface area contributed by atoms with Crippen molar-refractivity contribution in [2.75, 3.05) is 20.8 Å². The Labute approximate surface area is 137 Å². The van der Waals surface area contributed by atoms with E-state index in [1.807, 2.05) is 0 Å². The monoisotopic (exact) mass is 330 g/mol. The molecular formula is C17H34O4Si. The summed E-state index contributed by atoms with van der Waals surface area (Å²) < 4.78 is 16.7. The average Bonchev–Trinajstić information content (AvgIpc) is 2.52. The summed E-state index contributed by atoms with van der Waals surface area (Å²) in [6.07, 6.45) is 10.0. The molecule has 0 aromatic carbocycles. The van der Waals surface area contributed by atoms with Gasteiger partial charge in [0.05, 0.1) is 0 Å². The van der Waals surface area contributed by atoms with Crippen molar-refractivity contribution in [3.8, 4) is 0 Å². The minimum atomic E-state index is -2.70. The van der Waals surface area contributed by atoms with Crippen LogP contribution < -0.4 is 0 Å². The van der Waals surface area contributed by atoms with E-state index in [0.717, 1.165) is 18.9 Å². The minimum absolute atomic E-state index is 0.000251. The van der Waals surface area contributed by atoms with E-state index in [1.54, 1.807) is 21.1 Å². The Morgan fingerprint density at radius 2 is 1.45 bits per heavy atom. The molecule has 0 saturated heterocycles. The van der Waals surface area contributed by atoms with E-state index in [2.05, 4.69) is 13.5 Å². The molecule has 0 aliphatic carbocycles. The highest BCUT2D eigenvalue weighted by Gasteiger charge is 2.38. The molecule has 0 N–H and O–H groups in total. The number of rotatable bonds is 15. The molecule has 22 heavy (non-hydrogen) atoms. The first kappa shape index (κ1) is 21.5. The van der Waals surface area contributed by atoms with Gasteiger partial charge in [0.15, 0.2) is 5.78 Å². The van der Waals surface area contributed by atoms with Crippen molar-refractivity contribution in [3.05, 3.63) is 12.2 Å². The van der Waals surface area contributed by atoms with Crippen LogP contribution in [0.25, 0.3) is 0 Å². The Morgan fingerprint density at radius 3 is 1.91 bits per heavy atom. The van der Waals surface area contributed by atoms with E-state index in [9.17, 15) is 4.79 Å². The summed E-state index contributed by atoms with van der Waals surface area (Å²) in [5.41, 5.74) is 0.502. The van der Waals surface area contributed by atoms with Gasteiger partial charge in [-0.3, -0.25) is 4.79 Å². The van der Waals surface area contributed by atoms with Crippen LogP contribution in [-0.2, 0) is 18.1 Å². The highest BCUT2D eigenvalue weighted by molar-refractivity contribution is 6.60. The first-order valence-corrected chi connectivity index (χ1v) is 10.4. The van der Waals surface area contributed by atoms with E-state index in [-0.39, 0.29) is 12.4 Å². The van der Waals surface area contributed by atoms with E-state index >= 15 is 0 Å². The molecule has 0 unspecified atom stereocenters. The van der Waals surface area contributed by atoms with Gasteiger partial charge in [-0.15, -0.1) is 0 Å². The van der Waals surface area contributed by atoms with Crippen LogP contribution in [0.3, 0.4) is 0 Å². The van der Waals surface area contributed by atoms with Gasteiger partial charge in [-0.1, -0.05) is 58.4 Å². The van der Waals surface area contributed by atoms with Crippen molar-refractivity contribution in [2.45, 2.75) is 71.3 Å². The standard InChI is InChI=1S/C17H34O4Si/c1-6-7-8-9-10-11-12-13-14-22(19-4,20-5)21-15-17(18)16(2)3/h2,6-15H2,1,3-5H3. The summed E-state index contributed by atoms with van der Waals surface area (Å²) in [7, 11) is 0.511. The Morgan fingerprint density at radius 1 is 0.955 bits per heavy atom. The number of carbonyl (C=O) groups is 1. The smallest absolute Gasteiger partial charge is 0.377 e. The first-order chi connectivity index (χ1) is 10.5. The van der Waals surface area contributed by atoms with Crippen molar-refractivity contribution >= 4 is 14.6 Å². The van der Waals surface area contributed by atoms with Gasteiger partial charge in [-0.25, -0.2) is 0 Å². The van der Waals surface area contributed by atoms with Crippen LogP contribution >= 0.6 is 0 Å². The molecule has 0 aromatic heterocycles. The second kappa shape index (κ2) is 13.0. The van der Waals surface area contributed by atoms with Gasteiger partial charge in [-0.2, -0.15) is 0 Å². The van der Waals surface area contributed by atoms with Gasteiger partial charge in [0.2, 0.25) is 0 Å². The number of carbonyl (C=O) groups excluding carboxylic acids is 1. The number of hydrogen-bond acceptors (Lipinski definition) is 4. The van der Waals surface area contributed by atoms with Crippen LogP contribution in [0.4, 0.5) is 0 Å². The van der Waals surface area contributed by atoms with Crippen LogP contribution in [0.2, 0.25) is 6.04 Å². The van der Waals surface area contributed by atoms with Crippen molar-refractivity contribution in [2.24, 2.45) is 0 Å². The molecule has 4 nitrogen and oxygen atoms in total. The van der Waals surface area contributed by atoms with Crippen molar-refractivity contribution in [3.63, 3.8) is 0 Å². The highest BCUT2D eigenvalue weighted by Crippen LogP contribution is 2.19. The zero-order valence-corrected chi connectivity index (χ0v) is 15.9. The second-order valence-electron chi connectivity index (χ2n) is 5.81. The molecular weight excluding hydrogens is 296 g/mol. The van der Waals surface area contributed by atoms with Gasteiger partial charge < -0.3 is 13.3 Å². The molecule has 130 valence electrons. The molecule has 0 aliphatic heterocycles. The molecule has 0 amide bonds. The van der Waals surface area contributed by atoms with Crippen LogP contribution in [0.5, 0.6) is 0 Å². The molecule has 0 fully saturated rings. The number of hydrogen-bond donors (Lipinski definition) is 0. The fraction of sp³-hybridized carbons (Fsp3) is 0.824. The lowest BCUT2D eigenvalue weighted by molar-refractivity contribution is -0.118. The molecule has 0 aromatic rings. The minimum Gasteiger partial charge on any atom is -0.377 e. The van der Waals surface area contributed by atoms with Gasteiger partial charge in [0.1, 0.15) is 6.61 Å². The SMILES string of the molecule is C=C(C)C(=O)CO[Si](CCCCCCCCCC)(OC)OC. The number of unbranched alkanes of at least 4 members (excludes halogenated alkanes) is 7. The third-order valence-electron chi connectivity index (χ3n) is 3.86. The third kappa shape index (κ3) is 9.51. The number of Topliss-reactive ketones (excluding diaryl/α,β-unsaturated/α-hetero) is 1. The molecule has 0 rings (SSSR count). The van der Waals surface area contributed by atoms with Crippen LogP contribution in [0, 0.1) is 0 Å². The van der Waals surface area contributed by atoms with Crippen LogP contribution in [-0.4, -0.2) is 35.4 Å². The summed E-state index contributed by atoms with van der Waals surface area (Å²) in [5.74, 6) is -0.0955. The Hall–Kier alpha value is -0.493. The Kier molecular flexibility index (Phi) is 12.7. The van der Waals surface area contributed by atoms with E-state index < -0.39 is 8.80 Å². The maximum Gasteiger partial charge on any atom is 0.500 e. The second-order valence-corrected chi connectivity index (χ2v) is 8.78. The summed E-state index contributed by atoms with van der Waals surface area (Å²) >= 11 is 0. The number of ketones is 1. The normalized spacial score (nSPS) is 11.6. The molecule has 0 aliphatic rings. The van der Waals surface area contributed by atoms with Gasteiger partial charge >= 0.3 is 8.80 Å². The van der Waals surface area contributed by atoms with Crippen molar-refractivity contribution in [1.29, 1.82) is 0 Å². The predicted molar refractivity (Wildman–Crippen MR) is 93.0 cm³/mol. The van der Waals surface area contributed by atoms with Gasteiger partial charge in [0.25, 0.3) is 0 Å². The zero-order valence-electron chi connectivity index (χ0n) is 14.9. The Balaban J connectivity index is 3.97. The summed E-state index contributed by atoms with van der Waals surface area (Å²) in [6.45, 7) is 7.55. The topological polar surface area (TPSA) is 44.8 Å². The predicted octanol–water partition coefficient (Wildman–Crippen LogP) is 4.52. The maximum absolute atomic E-state index is 11.6. The summed E-state index contributed by atoms with van der Waals surface area (Å²) in [6, 6.07) is 0.762.